The molecule has 0 unspecified atom stereocenters. The smallest absolute Gasteiger partial charge is 0.374 e. The second-order valence-corrected chi connectivity index (χ2v) is 5.12. The number of thiazole rings is 1. The number of carbonyl (C=O) groups is 2. The van der Waals surface area contributed by atoms with E-state index < -0.39 is 11.9 Å². The van der Waals surface area contributed by atoms with Crippen LogP contribution in [-0.4, -0.2) is 28.6 Å². The molecule has 0 amide bonds. The molecule has 6 nitrogen and oxygen atoms in total. The van der Waals surface area contributed by atoms with Gasteiger partial charge in [-0.3, -0.25) is 0 Å². The number of furan rings is 1. The zero-order valence-electron chi connectivity index (χ0n) is 11.7. The Morgan fingerprint density at radius 2 is 2.18 bits per heavy atom. The van der Waals surface area contributed by atoms with E-state index in [9.17, 15) is 9.59 Å². The topological polar surface area (TPSA) is 89.6 Å². The van der Waals surface area contributed by atoms with Crippen LogP contribution >= 0.6 is 11.3 Å². The molecule has 0 aliphatic heterocycles. The van der Waals surface area contributed by atoms with Crippen molar-refractivity contribution in [2.45, 2.75) is 6.92 Å². The van der Waals surface area contributed by atoms with Gasteiger partial charge in [0.2, 0.25) is 5.76 Å². The van der Waals surface area contributed by atoms with E-state index >= 15 is 0 Å². The maximum atomic E-state index is 11.5. The number of rotatable bonds is 6. The standard InChI is InChI=1S/C15H13NO5S/c1-2-20-15(19)12-6-3-10(21-12)4-7-13-16-9-11(22-13)5-8-14(17)18/h3-9H,2H2,1H3,(H,17,18)/b7-4+,8-5+. The number of hydrogen-bond donors (Lipinski definition) is 1. The monoisotopic (exact) mass is 319 g/mol. The molecule has 0 spiro atoms. The minimum atomic E-state index is -1.01. The third-order valence-electron chi connectivity index (χ3n) is 2.43. The number of carbonyl (C=O) groups excluding carboxylic acids is 1. The van der Waals surface area contributed by atoms with E-state index in [0.717, 1.165) is 11.0 Å². The fourth-order valence-corrected chi connectivity index (χ4v) is 2.24. The number of aliphatic carboxylic acids is 1. The first kappa shape index (κ1) is 15.7. The van der Waals surface area contributed by atoms with Crippen molar-refractivity contribution in [3.63, 3.8) is 0 Å². The van der Waals surface area contributed by atoms with E-state index in [-0.39, 0.29) is 12.4 Å². The van der Waals surface area contributed by atoms with Gasteiger partial charge in [0.05, 0.1) is 6.61 Å². The summed E-state index contributed by atoms with van der Waals surface area (Å²) in [5.41, 5.74) is 0. The lowest BCUT2D eigenvalue weighted by Crippen LogP contribution is -2.02. The highest BCUT2D eigenvalue weighted by atomic mass is 32.1. The molecule has 0 fully saturated rings. The molecule has 0 bridgehead atoms. The van der Waals surface area contributed by atoms with Crippen LogP contribution in [0.1, 0.15) is 33.1 Å². The van der Waals surface area contributed by atoms with Crippen LogP contribution < -0.4 is 0 Å². The second-order valence-electron chi connectivity index (χ2n) is 4.03. The van der Waals surface area contributed by atoms with Gasteiger partial charge < -0.3 is 14.3 Å². The molecule has 2 aromatic heterocycles. The maximum absolute atomic E-state index is 11.5. The molecule has 1 N–H and O–H groups in total. The van der Waals surface area contributed by atoms with Crippen LogP contribution in [0.4, 0.5) is 0 Å². The van der Waals surface area contributed by atoms with Gasteiger partial charge >= 0.3 is 11.9 Å². The van der Waals surface area contributed by atoms with E-state index in [1.54, 1.807) is 37.4 Å². The van der Waals surface area contributed by atoms with Gasteiger partial charge in [0.25, 0.3) is 0 Å². The van der Waals surface area contributed by atoms with Crippen molar-refractivity contribution in [2.75, 3.05) is 6.61 Å². The van der Waals surface area contributed by atoms with Crippen molar-refractivity contribution < 1.29 is 23.8 Å². The van der Waals surface area contributed by atoms with E-state index in [1.807, 2.05) is 0 Å². The largest absolute Gasteiger partial charge is 0.478 e. The first-order chi connectivity index (χ1) is 10.6. The number of carboxylic acid groups (broad SMARTS) is 1. The molecule has 114 valence electrons. The molecule has 2 heterocycles. The molecule has 0 atom stereocenters. The maximum Gasteiger partial charge on any atom is 0.374 e. The van der Waals surface area contributed by atoms with Crippen LogP contribution in [0, 0.1) is 0 Å². The fourth-order valence-electron chi connectivity index (χ4n) is 1.52. The molecule has 2 rings (SSSR count). The Bertz CT molecular complexity index is 726. The number of carboxylic acids is 1. The summed E-state index contributed by atoms with van der Waals surface area (Å²) < 4.78 is 10.2. The number of ether oxygens (including phenoxy) is 1. The summed E-state index contributed by atoms with van der Waals surface area (Å²) in [5.74, 6) is -0.864. The average molecular weight is 319 g/mol. The Morgan fingerprint density at radius 1 is 1.36 bits per heavy atom. The van der Waals surface area contributed by atoms with Crippen molar-refractivity contribution >= 4 is 41.5 Å². The Kier molecular flexibility index (Phi) is 5.26. The lowest BCUT2D eigenvalue weighted by molar-refractivity contribution is -0.131. The zero-order valence-corrected chi connectivity index (χ0v) is 12.5. The minimum Gasteiger partial charge on any atom is -0.478 e. The molecule has 0 radical (unpaired) electrons. The Labute approximate surface area is 130 Å². The average Bonchev–Trinajstić information content (AvgIpc) is 3.12. The summed E-state index contributed by atoms with van der Waals surface area (Å²) in [4.78, 5) is 26.7. The number of nitrogens with zero attached hydrogens (tertiary/aromatic N) is 1. The number of aromatic nitrogens is 1. The van der Waals surface area contributed by atoms with Crippen LogP contribution in [0.25, 0.3) is 18.2 Å². The zero-order chi connectivity index (χ0) is 15.9. The summed E-state index contributed by atoms with van der Waals surface area (Å²) in [6.45, 7) is 2.01. The van der Waals surface area contributed by atoms with E-state index in [0.29, 0.717) is 10.8 Å². The highest BCUT2D eigenvalue weighted by molar-refractivity contribution is 7.13. The van der Waals surface area contributed by atoms with Crippen molar-refractivity contribution in [3.05, 3.63) is 45.8 Å². The lowest BCUT2D eigenvalue weighted by atomic mass is 10.4. The summed E-state index contributed by atoms with van der Waals surface area (Å²) in [7, 11) is 0. The highest BCUT2D eigenvalue weighted by Crippen LogP contribution is 2.18. The van der Waals surface area contributed by atoms with Crippen molar-refractivity contribution in [2.24, 2.45) is 0 Å². The first-order valence-corrected chi connectivity index (χ1v) is 7.22. The van der Waals surface area contributed by atoms with Crippen molar-refractivity contribution in [1.29, 1.82) is 0 Å². The Balaban J connectivity index is 2.03. The van der Waals surface area contributed by atoms with Gasteiger partial charge in [-0.05, 0) is 37.3 Å². The molecule has 0 aromatic carbocycles. The molecule has 0 saturated heterocycles. The fraction of sp³-hybridized carbons (Fsp3) is 0.133. The van der Waals surface area contributed by atoms with Gasteiger partial charge in [-0.1, -0.05) is 0 Å². The van der Waals surface area contributed by atoms with Gasteiger partial charge in [-0.2, -0.15) is 0 Å². The normalized spacial score (nSPS) is 11.3. The molecule has 0 aliphatic carbocycles. The van der Waals surface area contributed by atoms with Crippen LogP contribution in [0.5, 0.6) is 0 Å². The Hall–Kier alpha value is -2.67. The summed E-state index contributed by atoms with van der Waals surface area (Å²) in [6, 6.07) is 3.20. The Morgan fingerprint density at radius 3 is 2.91 bits per heavy atom. The third-order valence-corrected chi connectivity index (χ3v) is 3.35. The van der Waals surface area contributed by atoms with Crippen molar-refractivity contribution in [3.8, 4) is 0 Å². The summed E-state index contributed by atoms with van der Waals surface area (Å²) in [5, 5.41) is 9.25. The minimum absolute atomic E-state index is 0.144. The molecule has 22 heavy (non-hydrogen) atoms. The molecule has 0 aliphatic rings. The summed E-state index contributed by atoms with van der Waals surface area (Å²) >= 11 is 1.33. The number of hydrogen-bond acceptors (Lipinski definition) is 6. The van der Waals surface area contributed by atoms with Gasteiger partial charge in [0, 0.05) is 17.2 Å². The van der Waals surface area contributed by atoms with Gasteiger partial charge in [-0.15, -0.1) is 11.3 Å². The third kappa shape index (κ3) is 4.42. The molecular formula is C15H13NO5S. The van der Waals surface area contributed by atoms with Gasteiger partial charge in [0.1, 0.15) is 10.8 Å². The summed E-state index contributed by atoms with van der Waals surface area (Å²) in [6.07, 6.45) is 7.50. The highest BCUT2D eigenvalue weighted by Gasteiger charge is 2.10. The van der Waals surface area contributed by atoms with Gasteiger partial charge in [-0.25, -0.2) is 14.6 Å². The second kappa shape index (κ2) is 7.37. The van der Waals surface area contributed by atoms with E-state index in [4.69, 9.17) is 14.3 Å². The molecule has 7 heteroatoms. The van der Waals surface area contributed by atoms with Crippen LogP contribution in [0.15, 0.2) is 28.8 Å². The quantitative estimate of drug-likeness (QED) is 0.649. The molecular weight excluding hydrogens is 306 g/mol. The molecule has 2 aromatic rings. The van der Waals surface area contributed by atoms with E-state index in [1.165, 1.54) is 17.4 Å². The van der Waals surface area contributed by atoms with Crippen molar-refractivity contribution in [1.82, 2.24) is 4.98 Å². The number of esters is 1. The lowest BCUT2D eigenvalue weighted by Gasteiger charge is -1.96. The SMILES string of the molecule is CCOC(=O)c1ccc(/C=C/c2ncc(/C=C/C(=O)O)s2)o1. The first-order valence-electron chi connectivity index (χ1n) is 6.40. The van der Waals surface area contributed by atoms with Crippen LogP contribution in [-0.2, 0) is 9.53 Å². The predicted molar refractivity (Wildman–Crippen MR) is 82.4 cm³/mol. The van der Waals surface area contributed by atoms with Crippen LogP contribution in [0.2, 0.25) is 0 Å². The van der Waals surface area contributed by atoms with E-state index in [2.05, 4.69) is 4.98 Å². The van der Waals surface area contributed by atoms with Crippen LogP contribution in [0.3, 0.4) is 0 Å². The van der Waals surface area contributed by atoms with Gasteiger partial charge in [0.15, 0.2) is 0 Å². The predicted octanol–water partition coefficient (Wildman–Crippen LogP) is 3.18. The molecule has 0 saturated carbocycles.